The number of piperazine rings is 1. The summed E-state index contributed by atoms with van der Waals surface area (Å²) in [5.41, 5.74) is 3.21. The molecule has 2 heterocycles. The van der Waals surface area contributed by atoms with Crippen LogP contribution in [0.25, 0.3) is 22.5 Å². The number of nitrogens with zero attached hydrogens (tertiary/aromatic N) is 5. The lowest BCUT2D eigenvalue weighted by molar-refractivity contribution is -0.129. The van der Waals surface area contributed by atoms with Gasteiger partial charge in [0.25, 0.3) is 0 Å². The fourth-order valence-electron chi connectivity index (χ4n) is 4.11. The molecule has 1 fully saturated rings. The second-order valence-electron chi connectivity index (χ2n) is 8.55. The zero-order valence-electron chi connectivity index (χ0n) is 20.3. The van der Waals surface area contributed by atoms with E-state index in [4.69, 9.17) is 4.98 Å². The summed E-state index contributed by atoms with van der Waals surface area (Å²) in [4.78, 5) is 19.6. The Hall–Kier alpha value is -3.12. The molecular formula is C27H24BrN5O3S2. The molecule has 0 unspecified atom stereocenters. The highest BCUT2D eigenvalue weighted by Crippen LogP contribution is 2.30. The maximum Gasteiger partial charge on any atom is 0.243 e. The number of hydrogen-bond donors (Lipinski definition) is 0. The van der Waals surface area contributed by atoms with Crippen molar-refractivity contribution in [3.8, 4) is 22.5 Å². The number of sulfonamides is 1. The van der Waals surface area contributed by atoms with Gasteiger partial charge in [-0.1, -0.05) is 88.4 Å². The second kappa shape index (κ2) is 11.7. The fourth-order valence-corrected chi connectivity index (χ4v) is 6.49. The minimum Gasteiger partial charge on any atom is -0.339 e. The smallest absolute Gasteiger partial charge is 0.243 e. The Bertz CT molecular complexity index is 1510. The van der Waals surface area contributed by atoms with Crippen LogP contribution in [0.5, 0.6) is 0 Å². The van der Waals surface area contributed by atoms with Crippen LogP contribution in [-0.2, 0) is 14.8 Å². The zero-order valence-corrected chi connectivity index (χ0v) is 23.5. The van der Waals surface area contributed by atoms with E-state index in [0.29, 0.717) is 29.6 Å². The first kappa shape index (κ1) is 26.5. The molecule has 1 aliphatic rings. The lowest BCUT2D eigenvalue weighted by atomic mass is 10.0. The van der Waals surface area contributed by atoms with Crippen LogP contribution < -0.4 is 0 Å². The maximum atomic E-state index is 12.9. The van der Waals surface area contributed by atoms with E-state index in [1.807, 2.05) is 60.7 Å². The number of carbonyl (C=O) groups is 1. The molecule has 4 aromatic rings. The standard InChI is InChI=1S/C27H24BrN5O3S2/c28-22-11-13-23(14-12-22)38(35,36)33-17-15-32(16-18-33)24(34)19-37-27-29-25(20-7-3-1-4-8-20)26(30-31-27)21-9-5-2-6-10-21/h1-14H,15-19H2. The van der Waals surface area contributed by atoms with Gasteiger partial charge in [-0.15, -0.1) is 10.2 Å². The summed E-state index contributed by atoms with van der Waals surface area (Å²) < 4.78 is 28.1. The molecule has 0 saturated carbocycles. The van der Waals surface area contributed by atoms with Crippen LogP contribution >= 0.6 is 27.7 Å². The molecule has 38 heavy (non-hydrogen) atoms. The minimum absolute atomic E-state index is 0.0901. The summed E-state index contributed by atoms with van der Waals surface area (Å²) in [6.07, 6.45) is 0. The average molecular weight is 611 g/mol. The molecule has 1 aromatic heterocycles. The molecule has 1 saturated heterocycles. The lowest BCUT2D eigenvalue weighted by Gasteiger charge is -2.34. The quantitative estimate of drug-likeness (QED) is 0.283. The topological polar surface area (TPSA) is 96.4 Å². The largest absolute Gasteiger partial charge is 0.339 e. The number of carbonyl (C=O) groups excluding carboxylic acids is 1. The molecule has 1 aliphatic heterocycles. The lowest BCUT2D eigenvalue weighted by Crippen LogP contribution is -2.50. The summed E-state index contributed by atoms with van der Waals surface area (Å²) in [5.74, 6) is 0.0488. The summed E-state index contributed by atoms with van der Waals surface area (Å²) >= 11 is 4.55. The SMILES string of the molecule is O=C(CSc1nnc(-c2ccccc2)c(-c2ccccc2)n1)N1CCN(S(=O)(=O)c2ccc(Br)cc2)CC1. The zero-order chi connectivity index (χ0) is 26.5. The Morgan fingerprint density at radius 2 is 1.37 bits per heavy atom. The van der Waals surface area contributed by atoms with Gasteiger partial charge in [-0.25, -0.2) is 13.4 Å². The molecule has 11 heteroatoms. The number of aromatic nitrogens is 3. The Labute approximate surface area is 234 Å². The van der Waals surface area contributed by atoms with Crippen LogP contribution in [-0.4, -0.2) is 70.6 Å². The van der Waals surface area contributed by atoms with Gasteiger partial charge in [-0.3, -0.25) is 4.79 Å². The van der Waals surface area contributed by atoms with E-state index in [1.54, 1.807) is 29.2 Å². The van der Waals surface area contributed by atoms with Crippen molar-refractivity contribution in [1.82, 2.24) is 24.4 Å². The third kappa shape index (κ3) is 5.96. The van der Waals surface area contributed by atoms with Gasteiger partial charge in [-0.05, 0) is 24.3 Å². The van der Waals surface area contributed by atoms with Gasteiger partial charge < -0.3 is 4.90 Å². The Morgan fingerprint density at radius 3 is 1.97 bits per heavy atom. The third-order valence-electron chi connectivity index (χ3n) is 6.13. The molecule has 3 aromatic carbocycles. The molecule has 194 valence electrons. The van der Waals surface area contributed by atoms with Crippen LogP contribution in [0, 0.1) is 0 Å². The van der Waals surface area contributed by atoms with Crippen LogP contribution in [0.2, 0.25) is 0 Å². The summed E-state index contributed by atoms with van der Waals surface area (Å²) in [7, 11) is -3.60. The van der Waals surface area contributed by atoms with Crippen molar-refractivity contribution >= 4 is 43.6 Å². The minimum atomic E-state index is -3.60. The first-order valence-corrected chi connectivity index (χ1v) is 15.2. The van der Waals surface area contributed by atoms with Crippen molar-refractivity contribution in [2.45, 2.75) is 10.1 Å². The van der Waals surface area contributed by atoms with E-state index in [1.165, 1.54) is 16.1 Å². The highest BCUT2D eigenvalue weighted by atomic mass is 79.9. The summed E-state index contributed by atoms with van der Waals surface area (Å²) in [6.45, 7) is 1.15. The van der Waals surface area contributed by atoms with Crippen molar-refractivity contribution in [3.05, 3.63) is 89.4 Å². The van der Waals surface area contributed by atoms with E-state index in [9.17, 15) is 13.2 Å². The maximum absolute atomic E-state index is 12.9. The van der Waals surface area contributed by atoms with E-state index >= 15 is 0 Å². The van der Waals surface area contributed by atoms with Crippen molar-refractivity contribution in [1.29, 1.82) is 0 Å². The summed E-state index contributed by atoms with van der Waals surface area (Å²) in [5, 5.41) is 9.15. The number of rotatable bonds is 7. The molecule has 5 rings (SSSR count). The van der Waals surface area contributed by atoms with Gasteiger partial charge in [0, 0.05) is 41.8 Å². The highest BCUT2D eigenvalue weighted by Gasteiger charge is 2.30. The Kier molecular flexibility index (Phi) is 8.18. The number of benzene rings is 3. The van der Waals surface area contributed by atoms with E-state index < -0.39 is 10.0 Å². The van der Waals surface area contributed by atoms with E-state index in [-0.39, 0.29) is 29.6 Å². The van der Waals surface area contributed by atoms with Gasteiger partial charge in [0.05, 0.1) is 10.6 Å². The van der Waals surface area contributed by atoms with Gasteiger partial charge in [0.15, 0.2) is 0 Å². The van der Waals surface area contributed by atoms with E-state index in [0.717, 1.165) is 15.6 Å². The van der Waals surface area contributed by atoms with Crippen molar-refractivity contribution in [2.75, 3.05) is 31.9 Å². The first-order valence-electron chi connectivity index (χ1n) is 11.9. The molecule has 0 spiro atoms. The average Bonchev–Trinajstić information content (AvgIpc) is 2.97. The Balaban J connectivity index is 1.24. The summed E-state index contributed by atoms with van der Waals surface area (Å²) in [6, 6.07) is 26.1. The van der Waals surface area contributed by atoms with Gasteiger partial charge in [-0.2, -0.15) is 4.31 Å². The molecule has 1 amide bonds. The number of halogens is 1. The Morgan fingerprint density at radius 1 is 0.789 bits per heavy atom. The van der Waals surface area contributed by atoms with Gasteiger partial charge in [0.1, 0.15) is 11.4 Å². The molecule has 0 aliphatic carbocycles. The highest BCUT2D eigenvalue weighted by molar-refractivity contribution is 9.10. The van der Waals surface area contributed by atoms with E-state index in [2.05, 4.69) is 26.1 Å². The first-order chi connectivity index (χ1) is 18.4. The molecular weight excluding hydrogens is 586 g/mol. The number of thioether (sulfide) groups is 1. The normalized spacial score (nSPS) is 14.4. The van der Waals surface area contributed by atoms with Crippen molar-refractivity contribution in [2.24, 2.45) is 0 Å². The molecule has 0 N–H and O–H groups in total. The predicted octanol–water partition coefficient (Wildman–Crippen LogP) is 4.59. The molecule has 0 bridgehead atoms. The molecule has 0 atom stereocenters. The van der Waals surface area contributed by atoms with Crippen molar-refractivity contribution < 1.29 is 13.2 Å². The third-order valence-corrected chi connectivity index (χ3v) is 9.39. The number of amides is 1. The second-order valence-corrected chi connectivity index (χ2v) is 12.3. The predicted molar refractivity (Wildman–Crippen MR) is 151 cm³/mol. The van der Waals surface area contributed by atoms with Gasteiger partial charge in [0.2, 0.25) is 21.1 Å². The molecule has 0 radical (unpaired) electrons. The van der Waals surface area contributed by atoms with Crippen LogP contribution in [0.1, 0.15) is 0 Å². The fraction of sp³-hybridized carbons (Fsp3) is 0.185. The molecule has 8 nitrogen and oxygen atoms in total. The van der Waals surface area contributed by atoms with Crippen molar-refractivity contribution in [3.63, 3.8) is 0 Å². The number of hydrogen-bond acceptors (Lipinski definition) is 7. The van der Waals surface area contributed by atoms with Gasteiger partial charge >= 0.3 is 0 Å². The van der Waals surface area contributed by atoms with Crippen LogP contribution in [0.3, 0.4) is 0 Å². The monoisotopic (exact) mass is 609 g/mol. The van der Waals surface area contributed by atoms with Crippen LogP contribution in [0.15, 0.2) is 99.5 Å². The van der Waals surface area contributed by atoms with Crippen LogP contribution in [0.4, 0.5) is 0 Å².